The third-order valence-corrected chi connectivity index (χ3v) is 6.25. The number of nitrogens with one attached hydrogen (secondary N) is 1. The summed E-state index contributed by atoms with van der Waals surface area (Å²) in [6.45, 7) is 4.23. The molecule has 2 aliphatic rings. The Morgan fingerprint density at radius 3 is 2.64 bits per heavy atom. The molecule has 0 spiro atoms. The first kappa shape index (κ1) is 17.8. The molecule has 1 saturated heterocycles. The highest BCUT2D eigenvalue weighted by Gasteiger charge is 2.20. The molecule has 0 bridgehead atoms. The van der Waals surface area contributed by atoms with Crippen LogP contribution in [-0.4, -0.2) is 47.2 Å². The standard InChI is InChI=1S/C22H24N4OS/c1-2-6-16(7-3-1)18-15-28-22-20(18)21(23-17-8-4-5-9-17)24-19(25-22)14-26-10-12-27-13-11-26/h1-7,15,17H,8-14H2,(H,23,24,25). The van der Waals surface area contributed by atoms with E-state index in [2.05, 4.69) is 58.1 Å². The molecule has 5 nitrogen and oxygen atoms in total. The van der Waals surface area contributed by atoms with Crippen LogP contribution in [0.1, 0.15) is 18.7 Å². The van der Waals surface area contributed by atoms with E-state index in [0.29, 0.717) is 6.04 Å². The van der Waals surface area contributed by atoms with Gasteiger partial charge in [-0.15, -0.1) is 11.3 Å². The Morgan fingerprint density at radius 1 is 1.07 bits per heavy atom. The summed E-state index contributed by atoms with van der Waals surface area (Å²) in [5.74, 6) is 1.87. The second kappa shape index (κ2) is 7.99. The highest BCUT2D eigenvalue weighted by atomic mass is 32.1. The number of anilines is 1. The van der Waals surface area contributed by atoms with Gasteiger partial charge in [-0.25, -0.2) is 9.97 Å². The van der Waals surface area contributed by atoms with Crippen molar-refractivity contribution in [1.82, 2.24) is 14.9 Å². The van der Waals surface area contributed by atoms with Crippen LogP contribution in [0.25, 0.3) is 21.3 Å². The van der Waals surface area contributed by atoms with Gasteiger partial charge in [0.15, 0.2) is 0 Å². The van der Waals surface area contributed by atoms with E-state index >= 15 is 0 Å². The van der Waals surface area contributed by atoms with Crippen molar-refractivity contribution in [3.63, 3.8) is 0 Å². The Hall–Kier alpha value is -2.28. The molecule has 0 saturated carbocycles. The Kier molecular flexibility index (Phi) is 5.08. The van der Waals surface area contributed by atoms with Crippen LogP contribution < -0.4 is 5.32 Å². The fourth-order valence-electron chi connectivity index (χ4n) is 3.88. The molecule has 3 heterocycles. The normalized spacial score (nSPS) is 18.1. The van der Waals surface area contributed by atoms with Crippen LogP contribution in [-0.2, 0) is 11.3 Å². The molecule has 5 rings (SSSR count). The maximum atomic E-state index is 5.47. The van der Waals surface area contributed by atoms with Gasteiger partial charge in [-0.2, -0.15) is 0 Å². The molecule has 0 amide bonds. The van der Waals surface area contributed by atoms with Gasteiger partial charge in [-0.1, -0.05) is 42.5 Å². The largest absolute Gasteiger partial charge is 0.379 e. The van der Waals surface area contributed by atoms with Crippen molar-refractivity contribution in [3.8, 4) is 11.1 Å². The van der Waals surface area contributed by atoms with Crippen LogP contribution in [0.15, 0.2) is 47.9 Å². The smallest absolute Gasteiger partial charge is 0.146 e. The van der Waals surface area contributed by atoms with Crippen molar-refractivity contribution in [2.75, 3.05) is 31.6 Å². The average Bonchev–Trinajstić information content (AvgIpc) is 3.39. The molecular formula is C22H24N4OS. The molecular weight excluding hydrogens is 368 g/mol. The van der Waals surface area contributed by atoms with Crippen molar-refractivity contribution < 1.29 is 4.74 Å². The summed E-state index contributed by atoms with van der Waals surface area (Å²) in [6, 6.07) is 10.9. The summed E-state index contributed by atoms with van der Waals surface area (Å²) in [5.41, 5.74) is 2.43. The zero-order valence-electron chi connectivity index (χ0n) is 15.8. The third kappa shape index (κ3) is 3.68. The van der Waals surface area contributed by atoms with Crippen molar-refractivity contribution >= 4 is 27.4 Å². The fraction of sp³-hybridized carbons (Fsp3) is 0.364. The topological polar surface area (TPSA) is 50.3 Å². The van der Waals surface area contributed by atoms with Crippen LogP contribution in [0.4, 0.5) is 5.82 Å². The lowest BCUT2D eigenvalue weighted by Gasteiger charge is -2.26. The van der Waals surface area contributed by atoms with Gasteiger partial charge >= 0.3 is 0 Å². The Balaban J connectivity index is 1.54. The summed E-state index contributed by atoms with van der Waals surface area (Å²) < 4.78 is 5.47. The number of nitrogens with zero attached hydrogens (tertiary/aromatic N) is 3. The van der Waals surface area contributed by atoms with E-state index in [1.165, 1.54) is 11.1 Å². The quantitative estimate of drug-likeness (QED) is 0.655. The third-order valence-electron chi connectivity index (χ3n) is 5.38. The molecule has 2 aromatic heterocycles. The number of rotatable bonds is 5. The first-order chi connectivity index (χ1) is 13.9. The predicted octanol–water partition coefficient (Wildman–Crippen LogP) is 4.32. The van der Waals surface area contributed by atoms with E-state index in [1.54, 1.807) is 11.3 Å². The van der Waals surface area contributed by atoms with E-state index in [1.807, 2.05) is 0 Å². The maximum Gasteiger partial charge on any atom is 0.146 e. The molecule has 6 heteroatoms. The molecule has 144 valence electrons. The van der Waals surface area contributed by atoms with E-state index in [0.717, 1.165) is 67.5 Å². The molecule has 28 heavy (non-hydrogen) atoms. The number of hydrogen-bond acceptors (Lipinski definition) is 6. The lowest BCUT2D eigenvalue weighted by molar-refractivity contribution is 0.0331. The number of morpholine rings is 1. The van der Waals surface area contributed by atoms with Gasteiger partial charge in [-0.05, 0) is 18.4 Å². The molecule has 1 N–H and O–H groups in total. The minimum absolute atomic E-state index is 0.415. The summed E-state index contributed by atoms with van der Waals surface area (Å²) >= 11 is 1.71. The summed E-state index contributed by atoms with van der Waals surface area (Å²) in [6.07, 6.45) is 6.59. The minimum Gasteiger partial charge on any atom is -0.379 e. The first-order valence-electron chi connectivity index (χ1n) is 9.92. The second-order valence-corrected chi connectivity index (χ2v) is 8.21. The van der Waals surface area contributed by atoms with Gasteiger partial charge in [0, 0.05) is 30.1 Å². The van der Waals surface area contributed by atoms with E-state index in [4.69, 9.17) is 14.7 Å². The number of fused-ring (bicyclic) bond motifs is 1. The predicted molar refractivity (Wildman–Crippen MR) is 115 cm³/mol. The highest BCUT2D eigenvalue weighted by Crippen LogP contribution is 2.37. The SMILES string of the molecule is C1=CCC(Nc2nc(CN3CCOCC3)nc3scc(-c4ccccc4)c23)C1. The van der Waals surface area contributed by atoms with Crippen LogP contribution in [0, 0.1) is 0 Å². The van der Waals surface area contributed by atoms with Crippen molar-refractivity contribution in [2.24, 2.45) is 0 Å². The van der Waals surface area contributed by atoms with Crippen LogP contribution in [0.3, 0.4) is 0 Å². The minimum atomic E-state index is 0.415. The molecule has 3 aromatic rings. The van der Waals surface area contributed by atoms with Crippen molar-refractivity contribution in [3.05, 3.63) is 53.7 Å². The zero-order valence-corrected chi connectivity index (χ0v) is 16.6. The molecule has 0 atom stereocenters. The summed E-state index contributed by atoms with van der Waals surface area (Å²) in [5, 5.41) is 7.07. The Labute approximate surface area is 169 Å². The molecule has 1 aromatic carbocycles. The number of hydrogen-bond donors (Lipinski definition) is 1. The van der Waals surface area contributed by atoms with Crippen LogP contribution in [0.2, 0.25) is 0 Å². The number of aromatic nitrogens is 2. The average molecular weight is 393 g/mol. The monoisotopic (exact) mass is 392 g/mol. The Morgan fingerprint density at radius 2 is 1.86 bits per heavy atom. The summed E-state index contributed by atoms with van der Waals surface area (Å²) in [7, 11) is 0. The number of thiophene rings is 1. The van der Waals surface area contributed by atoms with Gasteiger partial charge < -0.3 is 10.1 Å². The van der Waals surface area contributed by atoms with Gasteiger partial charge in [0.1, 0.15) is 16.5 Å². The molecule has 1 aliphatic heterocycles. The number of benzene rings is 1. The van der Waals surface area contributed by atoms with E-state index < -0.39 is 0 Å². The molecule has 0 unspecified atom stereocenters. The van der Waals surface area contributed by atoms with Gasteiger partial charge in [-0.3, -0.25) is 4.90 Å². The van der Waals surface area contributed by atoms with Crippen molar-refractivity contribution in [2.45, 2.75) is 25.4 Å². The van der Waals surface area contributed by atoms with E-state index in [9.17, 15) is 0 Å². The first-order valence-corrected chi connectivity index (χ1v) is 10.8. The van der Waals surface area contributed by atoms with Crippen LogP contribution in [0.5, 0.6) is 0 Å². The highest BCUT2D eigenvalue weighted by molar-refractivity contribution is 7.17. The van der Waals surface area contributed by atoms with Crippen LogP contribution >= 0.6 is 11.3 Å². The number of ether oxygens (including phenoxy) is 1. The van der Waals surface area contributed by atoms with E-state index in [-0.39, 0.29) is 0 Å². The molecule has 1 aliphatic carbocycles. The second-order valence-electron chi connectivity index (χ2n) is 7.36. The fourth-order valence-corrected chi connectivity index (χ4v) is 4.84. The summed E-state index contributed by atoms with van der Waals surface area (Å²) in [4.78, 5) is 13.3. The Bertz CT molecular complexity index is 971. The maximum absolute atomic E-state index is 5.47. The van der Waals surface area contributed by atoms with Gasteiger partial charge in [0.05, 0.1) is 25.1 Å². The van der Waals surface area contributed by atoms with Crippen molar-refractivity contribution in [1.29, 1.82) is 0 Å². The molecule has 1 fully saturated rings. The van der Waals surface area contributed by atoms with Gasteiger partial charge in [0.25, 0.3) is 0 Å². The molecule has 0 radical (unpaired) electrons. The lowest BCUT2D eigenvalue weighted by Crippen LogP contribution is -2.36. The zero-order chi connectivity index (χ0) is 18.8. The van der Waals surface area contributed by atoms with Gasteiger partial charge in [0.2, 0.25) is 0 Å². The lowest BCUT2D eigenvalue weighted by atomic mass is 10.1.